The minimum Gasteiger partial charge on any atom is -0.356 e. The Balaban J connectivity index is 1.65. The molecule has 2 heterocycles. The predicted molar refractivity (Wildman–Crippen MR) is 62.1 cm³/mol. The van der Waals surface area contributed by atoms with Gasteiger partial charge in [0.15, 0.2) is 0 Å². The van der Waals surface area contributed by atoms with E-state index in [0.717, 1.165) is 45.3 Å². The molecule has 4 nitrogen and oxygen atoms in total. The van der Waals surface area contributed by atoms with E-state index in [2.05, 4.69) is 12.2 Å². The summed E-state index contributed by atoms with van der Waals surface area (Å²) in [5.74, 6) is 0.728. The van der Waals surface area contributed by atoms with Gasteiger partial charge in [0.1, 0.15) is 5.60 Å². The lowest BCUT2D eigenvalue weighted by Gasteiger charge is -2.44. The van der Waals surface area contributed by atoms with Gasteiger partial charge < -0.3 is 5.32 Å². The number of hydrogen-bond acceptors (Lipinski definition) is 3. The Morgan fingerprint density at radius 2 is 2.00 bits per heavy atom. The van der Waals surface area contributed by atoms with Gasteiger partial charge in [-0.25, -0.2) is 9.78 Å². The van der Waals surface area contributed by atoms with Crippen LogP contribution in [-0.4, -0.2) is 24.7 Å². The van der Waals surface area contributed by atoms with Gasteiger partial charge in [-0.1, -0.05) is 6.92 Å². The largest absolute Gasteiger partial charge is 0.356 e. The molecular formula is C13H21NO3. The molecule has 3 aliphatic rings. The van der Waals surface area contributed by atoms with E-state index in [4.69, 9.17) is 9.78 Å². The van der Waals surface area contributed by atoms with Gasteiger partial charge in [-0.15, -0.1) is 0 Å². The van der Waals surface area contributed by atoms with E-state index < -0.39 is 0 Å². The third-order valence-corrected chi connectivity index (χ3v) is 5.14. The predicted octanol–water partition coefficient (Wildman–Crippen LogP) is 1.79. The van der Waals surface area contributed by atoms with Crippen molar-refractivity contribution >= 4 is 5.91 Å². The Labute approximate surface area is 102 Å². The van der Waals surface area contributed by atoms with Crippen molar-refractivity contribution < 1.29 is 14.6 Å². The second kappa shape index (κ2) is 3.95. The molecule has 1 aliphatic carbocycles. The van der Waals surface area contributed by atoms with E-state index in [9.17, 15) is 4.79 Å². The van der Waals surface area contributed by atoms with Crippen LogP contribution in [0.5, 0.6) is 0 Å². The van der Waals surface area contributed by atoms with Crippen LogP contribution in [-0.2, 0) is 14.6 Å². The molecule has 1 unspecified atom stereocenters. The molecule has 0 bridgehead atoms. The van der Waals surface area contributed by atoms with Crippen molar-refractivity contribution in [3.8, 4) is 0 Å². The molecule has 96 valence electrons. The maximum Gasteiger partial charge on any atom is 0.220 e. The van der Waals surface area contributed by atoms with Gasteiger partial charge in [-0.2, -0.15) is 0 Å². The van der Waals surface area contributed by atoms with Gasteiger partial charge in [0.2, 0.25) is 5.91 Å². The highest BCUT2D eigenvalue weighted by atomic mass is 17.2. The molecule has 1 spiro atoms. The number of carbonyl (C=O) groups is 1. The molecule has 0 aromatic rings. The highest BCUT2D eigenvalue weighted by molar-refractivity contribution is 5.78. The van der Waals surface area contributed by atoms with Crippen molar-refractivity contribution in [1.29, 1.82) is 0 Å². The summed E-state index contributed by atoms with van der Waals surface area (Å²) in [4.78, 5) is 21.9. The second-order valence-corrected chi connectivity index (χ2v) is 6.20. The quantitative estimate of drug-likeness (QED) is 0.710. The van der Waals surface area contributed by atoms with E-state index in [0.29, 0.717) is 17.8 Å². The summed E-state index contributed by atoms with van der Waals surface area (Å²) in [6, 6.07) is 0. The van der Waals surface area contributed by atoms with Crippen molar-refractivity contribution in [2.24, 2.45) is 11.3 Å². The van der Waals surface area contributed by atoms with Crippen molar-refractivity contribution in [3.05, 3.63) is 0 Å². The summed E-state index contributed by atoms with van der Waals surface area (Å²) in [7, 11) is 0. The zero-order chi connectivity index (χ0) is 11.9. The topological polar surface area (TPSA) is 47.6 Å². The number of amides is 1. The normalized spacial score (nSPS) is 46.4. The lowest BCUT2D eigenvalue weighted by molar-refractivity contribution is -0.318. The monoisotopic (exact) mass is 239 g/mol. The van der Waals surface area contributed by atoms with E-state index in [1.54, 1.807) is 0 Å². The van der Waals surface area contributed by atoms with Crippen LogP contribution >= 0.6 is 0 Å². The first-order valence-electron chi connectivity index (χ1n) is 6.69. The minimum atomic E-state index is -0.00441. The molecule has 1 amide bonds. The lowest BCUT2D eigenvalue weighted by atomic mass is 9.63. The second-order valence-electron chi connectivity index (χ2n) is 6.20. The molecule has 0 radical (unpaired) electrons. The molecule has 1 N–H and O–H groups in total. The fourth-order valence-electron chi connectivity index (χ4n) is 3.55. The van der Waals surface area contributed by atoms with Crippen LogP contribution in [0, 0.1) is 11.3 Å². The summed E-state index contributed by atoms with van der Waals surface area (Å²) in [6.07, 6.45) is 6.19. The minimum absolute atomic E-state index is 0.00441. The molecular weight excluding hydrogens is 218 g/mol. The summed E-state index contributed by atoms with van der Waals surface area (Å²) >= 11 is 0. The Kier molecular flexibility index (Phi) is 2.67. The summed E-state index contributed by atoms with van der Waals surface area (Å²) < 4.78 is 0. The first kappa shape index (κ1) is 11.5. The fraction of sp³-hybridized carbons (Fsp3) is 0.923. The molecule has 0 aromatic heterocycles. The Morgan fingerprint density at radius 3 is 2.53 bits per heavy atom. The summed E-state index contributed by atoms with van der Waals surface area (Å²) in [5.41, 5.74) is 0.298. The average molecular weight is 239 g/mol. The standard InChI is InChI=1S/C13H21NO3/c1-12(10-8-11(15)14-9-10)2-4-13(5-3-12)6-7-16-17-13/h10H,2-9H2,1H3,(H,14,15). The molecule has 2 aliphatic heterocycles. The van der Waals surface area contributed by atoms with Crippen molar-refractivity contribution in [2.75, 3.05) is 13.2 Å². The lowest BCUT2D eigenvalue weighted by Crippen LogP contribution is -2.41. The third kappa shape index (κ3) is 1.97. The number of carbonyl (C=O) groups excluding carboxylic acids is 1. The molecule has 2 saturated heterocycles. The van der Waals surface area contributed by atoms with Crippen molar-refractivity contribution in [1.82, 2.24) is 5.32 Å². The highest BCUT2D eigenvalue weighted by Crippen LogP contribution is 2.50. The zero-order valence-electron chi connectivity index (χ0n) is 10.5. The highest BCUT2D eigenvalue weighted by Gasteiger charge is 2.48. The SMILES string of the molecule is CC1(C2CNC(=O)C2)CCC2(CCOO2)CC1. The van der Waals surface area contributed by atoms with Crippen LogP contribution in [0.3, 0.4) is 0 Å². The first-order chi connectivity index (χ1) is 8.12. The van der Waals surface area contributed by atoms with Gasteiger partial charge in [-0.05, 0) is 37.0 Å². The number of nitrogens with one attached hydrogen (secondary N) is 1. The van der Waals surface area contributed by atoms with Crippen LogP contribution in [0.25, 0.3) is 0 Å². The van der Waals surface area contributed by atoms with Crippen LogP contribution < -0.4 is 5.32 Å². The molecule has 1 atom stereocenters. The molecule has 1 saturated carbocycles. The summed E-state index contributed by atoms with van der Waals surface area (Å²) in [5, 5.41) is 2.96. The van der Waals surface area contributed by atoms with Crippen LogP contribution in [0.15, 0.2) is 0 Å². The Hall–Kier alpha value is -0.610. The first-order valence-corrected chi connectivity index (χ1v) is 6.69. The van der Waals surface area contributed by atoms with Gasteiger partial charge in [-0.3, -0.25) is 4.79 Å². The number of rotatable bonds is 1. The van der Waals surface area contributed by atoms with E-state index in [1.165, 1.54) is 0 Å². The van der Waals surface area contributed by atoms with Crippen LogP contribution in [0.4, 0.5) is 0 Å². The van der Waals surface area contributed by atoms with Gasteiger partial charge >= 0.3 is 0 Å². The Bertz CT molecular complexity index is 313. The Morgan fingerprint density at radius 1 is 1.24 bits per heavy atom. The maximum atomic E-state index is 11.3. The third-order valence-electron chi connectivity index (χ3n) is 5.14. The van der Waals surface area contributed by atoms with E-state index >= 15 is 0 Å². The zero-order valence-corrected chi connectivity index (χ0v) is 10.5. The molecule has 3 fully saturated rings. The van der Waals surface area contributed by atoms with Crippen molar-refractivity contribution in [2.45, 2.75) is 51.0 Å². The average Bonchev–Trinajstić information content (AvgIpc) is 2.94. The van der Waals surface area contributed by atoms with E-state index in [1.807, 2.05) is 0 Å². The molecule has 3 rings (SSSR count). The smallest absolute Gasteiger partial charge is 0.220 e. The van der Waals surface area contributed by atoms with Gasteiger partial charge in [0.25, 0.3) is 0 Å². The fourth-order valence-corrected chi connectivity index (χ4v) is 3.55. The molecule has 17 heavy (non-hydrogen) atoms. The van der Waals surface area contributed by atoms with Crippen molar-refractivity contribution in [3.63, 3.8) is 0 Å². The van der Waals surface area contributed by atoms with E-state index in [-0.39, 0.29) is 11.5 Å². The summed E-state index contributed by atoms with van der Waals surface area (Å²) in [6.45, 7) is 3.93. The maximum absolute atomic E-state index is 11.3. The molecule has 0 aromatic carbocycles. The van der Waals surface area contributed by atoms with Crippen LogP contribution in [0.2, 0.25) is 0 Å². The van der Waals surface area contributed by atoms with Gasteiger partial charge in [0, 0.05) is 19.4 Å². The molecule has 4 heteroatoms. The number of hydrogen-bond donors (Lipinski definition) is 1. The van der Waals surface area contributed by atoms with Crippen LogP contribution in [0.1, 0.15) is 45.4 Å². The van der Waals surface area contributed by atoms with Gasteiger partial charge in [0.05, 0.1) is 6.61 Å².